The van der Waals surface area contributed by atoms with Gasteiger partial charge in [0.25, 0.3) is 0 Å². The highest BCUT2D eigenvalue weighted by Gasteiger charge is 2.26. The SMILES string of the molecule is FC(F)(F)CCOc1cccc(Cl)n1. The third kappa shape index (κ3) is 4.32. The Labute approximate surface area is 83.7 Å². The molecule has 0 bridgehead atoms. The van der Waals surface area contributed by atoms with Crippen LogP contribution in [0.3, 0.4) is 0 Å². The first-order valence-corrected chi connectivity index (χ1v) is 4.17. The van der Waals surface area contributed by atoms with Crippen molar-refractivity contribution in [1.29, 1.82) is 0 Å². The van der Waals surface area contributed by atoms with E-state index in [1.54, 1.807) is 6.07 Å². The van der Waals surface area contributed by atoms with Gasteiger partial charge in [-0.3, -0.25) is 0 Å². The molecule has 0 radical (unpaired) electrons. The first kappa shape index (κ1) is 11.1. The smallest absolute Gasteiger partial charge is 0.392 e. The van der Waals surface area contributed by atoms with E-state index in [2.05, 4.69) is 4.98 Å². The molecule has 0 amide bonds. The molecular weight excluding hydrogens is 219 g/mol. The number of halogens is 4. The molecule has 1 rings (SSSR count). The van der Waals surface area contributed by atoms with Crippen LogP contribution in [-0.4, -0.2) is 17.8 Å². The summed E-state index contributed by atoms with van der Waals surface area (Å²) in [5.41, 5.74) is 0. The minimum absolute atomic E-state index is 0.0988. The second kappa shape index (κ2) is 4.50. The maximum absolute atomic E-state index is 11.7. The zero-order valence-corrected chi connectivity index (χ0v) is 7.77. The van der Waals surface area contributed by atoms with E-state index in [0.717, 1.165) is 0 Å². The zero-order chi connectivity index (χ0) is 10.6. The highest BCUT2D eigenvalue weighted by Crippen LogP contribution is 2.20. The maximum Gasteiger partial charge on any atom is 0.392 e. The fraction of sp³-hybridized carbons (Fsp3) is 0.375. The Morgan fingerprint density at radius 3 is 2.64 bits per heavy atom. The summed E-state index contributed by atoms with van der Waals surface area (Å²) in [7, 11) is 0. The van der Waals surface area contributed by atoms with Gasteiger partial charge in [0, 0.05) is 6.07 Å². The fourth-order valence-corrected chi connectivity index (χ4v) is 0.897. The molecule has 0 spiro atoms. The van der Waals surface area contributed by atoms with Gasteiger partial charge in [-0.2, -0.15) is 13.2 Å². The molecule has 0 aromatic carbocycles. The van der Waals surface area contributed by atoms with Crippen molar-refractivity contribution < 1.29 is 17.9 Å². The van der Waals surface area contributed by atoms with Crippen molar-refractivity contribution in [2.75, 3.05) is 6.61 Å². The number of pyridine rings is 1. The lowest BCUT2D eigenvalue weighted by Gasteiger charge is -2.07. The number of aromatic nitrogens is 1. The molecule has 0 unspecified atom stereocenters. The Morgan fingerprint density at radius 1 is 1.36 bits per heavy atom. The summed E-state index contributed by atoms with van der Waals surface area (Å²) in [4.78, 5) is 3.67. The Morgan fingerprint density at radius 2 is 2.07 bits per heavy atom. The van der Waals surface area contributed by atoms with Crippen LogP contribution >= 0.6 is 11.6 Å². The number of hydrogen-bond donors (Lipinski definition) is 0. The Balaban J connectivity index is 2.39. The first-order valence-electron chi connectivity index (χ1n) is 3.79. The third-order valence-corrected chi connectivity index (χ3v) is 1.54. The van der Waals surface area contributed by atoms with E-state index in [1.807, 2.05) is 0 Å². The molecule has 78 valence electrons. The molecule has 1 aromatic heterocycles. The second-order valence-electron chi connectivity index (χ2n) is 2.51. The molecule has 2 nitrogen and oxygen atoms in total. The first-order chi connectivity index (χ1) is 6.47. The Kier molecular flexibility index (Phi) is 3.57. The van der Waals surface area contributed by atoms with Crippen LogP contribution in [0.1, 0.15) is 6.42 Å². The van der Waals surface area contributed by atoms with Gasteiger partial charge < -0.3 is 4.74 Å². The molecule has 0 aliphatic rings. The van der Waals surface area contributed by atoms with Crippen molar-refractivity contribution in [3.8, 4) is 5.88 Å². The van der Waals surface area contributed by atoms with Gasteiger partial charge in [-0.1, -0.05) is 17.7 Å². The number of hydrogen-bond acceptors (Lipinski definition) is 2. The van der Waals surface area contributed by atoms with Crippen LogP contribution < -0.4 is 4.74 Å². The van der Waals surface area contributed by atoms with E-state index in [-0.39, 0.29) is 11.0 Å². The van der Waals surface area contributed by atoms with Gasteiger partial charge in [-0.15, -0.1) is 0 Å². The van der Waals surface area contributed by atoms with Gasteiger partial charge >= 0.3 is 6.18 Å². The summed E-state index contributed by atoms with van der Waals surface area (Å²) in [6.07, 6.45) is -5.21. The molecule has 0 aliphatic carbocycles. The summed E-state index contributed by atoms with van der Waals surface area (Å²) in [6.45, 7) is -0.448. The highest BCUT2D eigenvalue weighted by molar-refractivity contribution is 6.29. The largest absolute Gasteiger partial charge is 0.477 e. The van der Waals surface area contributed by atoms with E-state index >= 15 is 0 Å². The monoisotopic (exact) mass is 225 g/mol. The number of alkyl halides is 3. The van der Waals surface area contributed by atoms with E-state index in [9.17, 15) is 13.2 Å². The van der Waals surface area contributed by atoms with E-state index in [1.165, 1.54) is 12.1 Å². The molecule has 1 aromatic rings. The van der Waals surface area contributed by atoms with E-state index < -0.39 is 19.2 Å². The summed E-state index contributed by atoms with van der Waals surface area (Å²) >= 11 is 5.50. The topological polar surface area (TPSA) is 22.1 Å². The molecule has 0 aliphatic heterocycles. The van der Waals surface area contributed by atoms with Crippen molar-refractivity contribution in [2.45, 2.75) is 12.6 Å². The van der Waals surface area contributed by atoms with Crippen LogP contribution in [0.15, 0.2) is 18.2 Å². The molecule has 0 saturated carbocycles. The fourth-order valence-electron chi connectivity index (χ4n) is 0.741. The lowest BCUT2D eigenvalue weighted by molar-refractivity contribution is -0.139. The lowest BCUT2D eigenvalue weighted by atomic mass is 10.4. The quantitative estimate of drug-likeness (QED) is 0.738. The lowest BCUT2D eigenvalue weighted by Crippen LogP contribution is -2.13. The summed E-state index contributed by atoms with van der Waals surface area (Å²) < 4.78 is 39.9. The standard InChI is InChI=1S/C8H7ClF3NO/c9-6-2-1-3-7(13-6)14-5-4-8(10,11)12/h1-3H,4-5H2. The van der Waals surface area contributed by atoms with Crippen LogP contribution in [0.25, 0.3) is 0 Å². The molecule has 6 heteroatoms. The maximum atomic E-state index is 11.7. The van der Waals surface area contributed by atoms with Crippen LogP contribution in [0.2, 0.25) is 5.15 Å². The number of rotatable bonds is 3. The Bertz CT molecular complexity index is 303. The summed E-state index contributed by atoms with van der Waals surface area (Å²) in [5, 5.41) is 0.189. The van der Waals surface area contributed by atoms with Crippen LogP contribution in [0.4, 0.5) is 13.2 Å². The van der Waals surface area contributed by atoms with Crippen LogP contribution in [-0.2, 0) is 0 Å². The minimum atomic E-state index is -4.21. The third-order valence-electron chi connectivity index (χ3n) is 1.33. The molecule has 14 heavy (non-hydrogen) atoms. The predicted octanol–water partition coefficient (Wildman–Crippen LogP) is 3.07. The zero-order valence-electron chi connectivity index (χ0n) is 7.01. The summed E-state index contributed by atoms with van der Waals surface area (Å²) in [5.74, 6) is 0.0988. The van der Waals surface area contributed by atoms with Gasteiger partial charge in [0.15, 0.2) is 0 Å². The predicted molar refractivity (Wildman–Crippen MR) is 45.4 cm³/mol. The average molecular weight is 226 g/mol. The van der Waals surface area contributed by atoms with Crippen molar-refractivity contribution in [3.05, 3.63) is 23.4 Å². The van der Waals surface area contributed by atoms with Crippen molar-refractivity contribution >= 4 is 11.6 Å². The van der Waals surface area contributed by atoms with Gasteiger partial charge in [0.05, 0.1) is 13.0 Å². The molecule has 1 heterocycles. The van der Waals surface area contributed by atoms with E-state index in [0.29, 0.717) is 0 Å². The van der Waals surface area contributed by atoms with Crippen LogP contribution in [0.5, 0.6) is 5.88 Å². The minimum Gasteiger partial charge on any atom is -0.477 e. The van der Waals surface area contributed by atoms with Crippen molar-refractivity contribution in [1.82, 2.24) is 4.98 Å². The average Bonchev–Trinajstić information content (AvgIpc) is 2.01. The van der Waals surface area contributed by atoms with Gasteiger partial charge in [-0.05, 0) is 6.07 Å². The van der Waals surface area contributed by atoms with Crippen LogP contribution in [0, 0.1) is 0 Å². The summed E-state index contributed by atoms with van der Waals surface area (Å²) in [6, 6.07) is 4.51. The molecule has 0 saturated heterocycles. The van der Waals surface area contributed by atoms with E-state index in [4.69, 9.17) is 16.3 Å². The normalized spacial score (nSPS) is 11.4. The number of ether oxygens (including phenoxy) is 1. The van der Waals surface area contributed by atoms with Gasteiger partial charge in [-0.25, -0.2) is 4.98 Å². The molecule has 0 fully saturated rings. The second-order valence-corrected chi connectivity index (χ2v) is 2.90. The van der Waals surface area contributed by atoms with Crippen molar-refractivity contribution in [2.24, 2.45) is 0 Å². The Hall–Kier alpha value is -0.970. The number of nitrogens with zero attached hydrogens (tertiary/aromatic N) is 1. The van der Waals surface area contributed by atoms with Crippen molar-refractivity contribution in [3.63, 3.8) is 0 Å². The van der Waals surface area contributed by atoms with Gasteiger partial charge in [0.1, 0.15) is 5.15 Å². The molecule has 0 atom stereocenters. The molecular formula is C8H7ClF3NO. The van der Waals surface area contributed by atoms with Gasteiger partial charge in [0.2, 0.25) is 5.88 Å². The molecule has 0 N–H and O–H groups in total. The highest BCUT2D eigenvalue weighted by atomic mass is 35.5.